The molecule has 4 nitrogen and oxygen atoms in total. The van der Waals surface area contributed by atoms with Crippen LogP contribution in [0.1, 0.15) is 46.3 Å². The topological polar surface area (TPSA) is 66.4 Å². The van der Waals surface area contributed by atoms with Crippen molar-refractivity contribution in [2.24, 2.45) is 0 Å². The van der Waals surface area contributed by atoms with Crippen molar-refractivity contribution in [2.75, 3.05) is 5.32 Å². The van der Waals surface area contributed by atoms with Gasteiger partial charge in [0.05, 0.1) is 11.0 Å². The quantitative estimate of drug-likeness (QED) is 0.853. The number of aryl methyl sites for hydroxylation is 2. The second kappa shape index (κ2) is 6.52. The number of benzene rings is 2. The maximum atomic E-state index is 14.3. The van der Waals surface area contributed by atoms with E-state index in [1.54, 1.807) is 19.9 Å². The standard InChI is InChI=1S/C20H19F2NO3/c1-11-9-12(2)16(10-13(11)18(24)25)23-19(26)20(7-4-8-20)17-14(21)5-3-6-15(17)22/h3,5-6,9-10H,4,7-8H2,1-2H3,(H,23,26)(H,24,25). The van der Waals surface area contributed by atoms with Crippen molar-refractivity contribution < 1.29 is 23.5 Å². The van der Waals surface area contributed by atoms with E-state index in [4.69, 9.17) is 0 Å². The van der Waals surface area contributed by atoms with E-state index in [-0.39, 0.29) is 11.1 Å². The second-order valence-electron chi connectivity index (χ2n) is 6.77. The third-order valence-electron chi connectivity index (χ3n) is 5.13. The van der Waals surface area contributed by atoms with Crippen molar-refractivity contribution in [1.82, 2.24) is 0 Å². The number of rotatable bonds is 4. The number of anilines is 1. The highest BCUT2D eigenvalue weighted by atomic mass is 19.1. The highest BCUT2D eigenvalue weighted by molar-refractivity contribution is 6.01. The summed E-state index contributed by atoms with van der Waals surface area (Å²) in [6.07, 6.45) is 1.37. The molecule has 0 bridgehead atoms. The zero-order chi connectivity index (χ0) is 19.1. The number of carbonyl (C=O) groups excluding carboxylic acids is 1. The number of amides is 1. The van der Waals surface area contributed by atoms with Gasteiger partial charge in [-0.2, -0.15) is 0 Å². The van der Waals surface area contributed by atoms with E-state index in [2.05, 4.69) is 5.32 Å². The number of carbonyl (C=O) groups is 2. The van der Waals surface area contributed by atoms with Crippen LogP contribution in [-0.2, 0) is 10.2 Å². The molecular weight excluding hydrogens is 340 g/mol. The molecule has 0 saturated heterocycles. The lowest BCUT2D eigenvalue weighted by atomic mass is 9.63. The Labute approximate surface area is 149 Å². The molecule has 0 aromatic heterocycles. The molecule has 0 spiro atoms. The number of carboxylic acid groups (broad SMARTS) is 1. The summed E-state index contributed by atoms with van der Waals surface area (Å²) >= 11 is 0. The lowest BCUT2D eigenvalue weighted by molar-refractivity contribution is -0.124. The Morgan fingerprint density at radius 2 is 1.69 bits per heavy atom. The third-order valence-corrected chi connectivity index (χ3v) is 5.13. The maximum absolute atomic E-state index is 14.3. The first-order valence-corrected chi connectivity index (χ1v) is 8.37. The third kappa shape index (κ3) is 2.85. The summed E-state index contributed by atoms with van der Waals surface area (Å²) in [5.41, 5.74) is 0.185. The molecule has 1 fully saturated rings. The molecule has 0 unspecified atom stereocenters. The fourth-order valence-corrected chi connectivity index (χ4v) is 3.54. The van der Waals surface area contributed by atoms with Crippen LogP contribution in [0.3, 0.4) is 0 Å². The number of nitrogens with one attached hydrogen (secondary N) is 1. The first-order chi connectivity index (χ1) is 12.3. The zero-order valence-corrected chi connectivity index (χ0v) is 14.5. The largest absolute Gasteiger partial charge is 0.478 e. The molecule has 2 aromatic rings. The predicted molar refractivity (Wildman–Crippen MR) is 93.4 cm³/mol. The summed E-state index contributed by atoms with van der Waals surface area (Å²) in [6, 6.07) is 6.60. The molecule has 1 amide bonds. The van der Waals surface area contributed by atoms with Crippen LogP contribution in [-0.4, -0.2) is 17.0 Å². The smallest absolute Gasteiger partial charge is 0.336 e. The number of aromatic carboxylic acids is 1. The van der Waals surface area contributed by atoms with Crippen LogP contribution in [0.5, 0.6) is 0 Å². The van der Waals surface area contributed by atoms with Crippen LogP contribution < -0.4 is 5.32 Å². The predicted octanol–water partition coefficient (Wildman–Crippen LogP) is 4.34. The number of hydrogen-bond acceptors (Lipinski definition) is 2. The van der Waals surface area contributed by atoms with Crippen molar-refractivity contribution in [3.63, 3.8) is 0 Å². The van der Waals surface area contributed by atoms with E-state index in [1.807, 2.05) is 0 Å². The molecule has 2 aromatic carbocycles. The van der Waals surface area contributed by atoms with Crippen molar-refractivity contribution >= 4 is 17.6 Å². The summed E-state index contributed by atoms with van der Waals surface area (Å²) in [5.74, 6) is -3.11. The molecule has 3 rings (SSSR count). The summed E-state index contributed by atoms with van der Waals surface area (Å²) in [5, 5.41) is 12.0. The summed E-state index contributed by atoms with van der Waals surface area (Å²) in [6.45, 7) is 3.41. The molecule has 2 N–H and O–H groups in total. The molecule has 1 saturated carbocycles. The van der Waals surface area contributed by atoms with Gasteiger partial charge in [-0.25, -0.2) is 13.6 Å². The Morgan fingerprint density at radius 1 is 1.08 bits per heavy atom. The molecule has 0 aliphatic heterocycles. The Hall–Kier alpha value is -2.76. The summed E-state index contributed by atoms with van der Waals surface area (Å²) in [4.78, 5) is 24.3. The Morgan fingerprint density at radius 3 is 2.19 bits per heavy atom. The molecule has 1 aliphatic rings. The minimum absolute atomic E-state index is 0.0747. The Kier molecular flexibility index (Phi) is 4.52. The van der Waals surface area contributed by atoms with Gasteiger partial charge in [-0.3, -0.25) is 4.79 Å². The molecule has 0 radical (unpaired) electrons. The SMILES string of the molecule is Cc1cc(C)c(C(=O)O)cc1NC(=O)C1(c2c(F)cccc2F)CCC1. The van der Waals surface area contributed by atoms with E-state index in [1.165, 1.54) is 12.1 Å². The van der Waals surface area contributed by atoms with Gasteiger partial charge in [-0.1, -0.05) is 18.6 Å². The van der Waals surface area contributed by atoms with Gasteiger partial charge < -0.3 is 10.4 Å². The molecule has 1 aliphatic carbocycles. The normalized spacial score (nSPS) is 15.2. The molecule has 136 valence electrons. The zero-order valence-electron chi connectivity index (χ0n) is 14.5. The average molecular weight is 359 g/mol. The van der Waals surface area contributed by atoms with E-state index in [0.717, 1.165) is 12.1 Å². The number of hydrogen-bond donors (Lipinski definition) is 2. The van der Waals surface area contributed by atoms with Gasteiger partial charge in [-0.15, -0.1) is 0 Å². The van der Waals surface area contributed by atoms with Crippen LogP contribution in [0.2, 0.25) is 0 Å². The van der Waals surface area contributed by atoms with Gasteiger partial charge in [0.25, 0.3) is 0 Å². The van der Waals surface area contributed by atoms with Crippen LogP contribution in [0, 0.1) is 25.5 Å². The highest BCUT2D eigenvalue weighted by Gasteiger charge is 2.49. The minimum atomic E-state index is -1.27. The van der Waals surface area contributed by atoms with Crippen molar-refractivity contribution in [3.05, 3.63) is 64.2 Å². The van der Waals surface area contributed by atoms with E-state index < -0.39 is 28.9 Å². The highest BCUT2D eigenvalue weighted by Crippen LogP contribution is 2.46. The summed E-state index contributed by atoms with van der Waals surface area (Å²) < 4.78 is 28.5. The van der Waals surface area contributed by atoms with Gasteiger partial charge in [0, 0.05) is 11.3 Å². The molecule has 6 heteroatoms. The van der Waals surface area contributed by atoms with Crippen molar-refractivity contribution in [1.29, 1.82) is 0 Å². The molecule has 26 heavy (non-hydrogen) atoms. The van der Waals surface area contributed by atoms with Crippen LogP contribution in [0.15, 0.2) is 30.3 Å². The maximum Gasteiger partial charge on any atom is 0.336 e. The van der Waals surface area contributed by atoms with Crippen LogP contribution in [0.25, 0.3) is 0 Å². The van der Waals surface area contributed by atoms with Crippen molar-refractivity contribution in [2.45, 2.75) is 38.5 Å². The van der Waals surface area contributed by atoms with Gasteiger partial charge in [-0.05, 0) is 56.0 Å². The van der Waals surface area contributed by atoms with Crippen molar-refractivity contribution in [3.8, 4) is 0 Å². The monoisotopic (exact) mass is 359 g/mol. The number of halogens is 2. The Bertz CT molecular complexity index is 884. The first kappa shape index (κ1) is 18.0. The Balaban J connectivity index is 1.99. The van der Waals surface area contributed by atoms with E-state index in [0.29, 0.717) is 36.1 Å². The van der Waals surface area contributed by atoms with Crippen LogP contribution >= 0.6 is 0 Å². The average Bonchev–Trinajstić information content (AvgIpc) is 2.51. The summed E-state index contributed by atoms with van der Waals surface area (Å²) in [7, 11) is 0. The van der Waals surface area contributed by atoms with E-state index in [9.17, 15) is 23.5 Å². The van der Waals surface area contributed by atoms with Gasteiger partial charge in [0.15, 0.2) is 0 Å². The fraction of sp³-hybridized carbons (Fsp3) is 0.300. The van der Waals surface area contributed by atoms with Gasteiger partial charge in [0.1, 0.15) is 11.6 Å². The van der Waals surface area contributed by atoms with Gasteiger partial charge >= 0.3 is 5.97 Å². The molecular formula is C20H19F2NO3. The fourth-order valence-electron chi connectivity index (χ4n) is 3.54. The minimum Gasteiger partial charge on any atom is -0.478 e. The lowest BCUT2D eigenvalue weighted by Crippen LogP contribution is -2.47. The van der Waals surface area contributed by atoms with E-state index >= 15 is 0 Å². The van der Waals surface area contributed by atoms with Crippen LogP contribution in [0.4, 0.5) is 14.5 Å². The second-order valence-corrected chi connectivity index (χ2v) is 6.77. The lowest BCUT2D eigenvalue weighted by Gasteiger charge is -2.41. The molecule has 0 heterocycles. The van der Waals surface area contributed by atoms with Gasteiger partial charge in [0.2, 0.25) is 5.91 Å². The number of carboxylic acids is 1. The molecule has 0 atom stereocenters. The first-order valence-electron chi connectivity index (χ1n) is 8.37.